The van der Waals surface area contributed by atoms with Crippen molar-refractivity contribution >= 4 is 32.6 Å². The minimum atomic E-state index is -0.316. The topological polar surface area (TPSA) is 51.2 Å². The third-order valence-corrected chi connectivity index (χ3v) is 4.64. The molecule has 0 bridgehead atoms. The summed E-state index contributed by atoms with van der Waals surface area (Å²) < 4.78 is 19.6. The first kappa shape index (κ1) is 17.4. The molecule has 2 aromatic carbocycles. The number of unbranched alkanes of at least 4 members (excludes halogenated alkanes) is 2. The van der Waals surface area contributed by atoms with Gasteiger partial charge in [-0.15, -0.1) is 0 Å². The summed E-state index contributed by atoms with van der Waals surface area (Å²) in [6.07, 6.45) is 3.32. The van der Waals surface area contributed by atoms with E-state index in [0.29, 0.717) is 27.5 Å². The number of halogens is 1. The van der Waals surface area contributed by atoms with E-state index in [1.54, 1.807) is 30.3 Å². The van der Waals surface area contributed by atoms with Gasteiger partial charge < -0.3 is 4.74 Å². The summed E-state index contributed by atoms with van der Waals surface area (Å²) in [4.78, 5) is 16.6. The second-order valence-electron chi connectivity index (χ2n) is 5.67. The van der Waals surface area contributed by atoms with Gasteiger partial charge in [-0.2, -0.15) is 0 Å². The second kappa shape index (κ2) is 8.07. The maximum Gasteiger partial charge on any atom is 0.257 e. The van der Waals surface area contributed by atoms with Gasteiger partial charge in [0.1, 0.15) is 11.6 Å². The molecule has 0 fully saturated rings. The lowest BCUT2D eigenvalue weighted by Crippen LogP contribution is -2.11. The van der Waals surface area contributed by atoms with Crippen LogP contribution in [0.15, 0.2) is 42.5 Å². The van der Waals surface area contributed by atoms with Gasteiger partial charge in [0, 0.05) is 5.56 Å². The summed E-state index contributed by atoms with van der Waals surface area (Å²) >= 11 is 1.25. The smallest absolute Gasteiger partial charge is 0.257 e. The van der Waals surface area contributed by atoms with Crippen LogP contribution >= 0.6 is 11.3 Å². The number of ether oxygens (including phenoxy) is 1. The average Bonchev–Trinajstić information content (AvgIpc) is 3.00. The van der Waals surface area contributed by atoms with E-state index >= 15 is 0 Å². The summed E-state index contributed by atoms with van der Waals surface area (Å²) in [5.41, 5.74) is 1.18. The van der Waals surface area contributed by atoms with Gasteiger partial charge in [0.25, 0.3) is 5.91 Å². The Bertz CT molecular complexity index is 861. The first-order chi connectivity index (χ1) is 12.2. The van der Waals surface area contributed by atoms with Gasteiger partial charge in [0.05, 0.1) is 16.8 Å². The van der Waals surface area contributed by atoms with Crippen molar-refractivity contribution in [2.45, 2.75) is 26.2 Å². The zero-order valence-electron chi connectivity index (χ0n) is 13.9. The lowest BCUT2D eigenvalue weighted by molar-refractivity contribution is 0.102. The maximum atomic E-state index is 13.2. The molecule has 0 aliphatic rings. The molecule has 3 rings (SSSR count). The van der Waals surface area contributed by atoms with E-state index in [1.807, 2.05) is 0 Å². The molecule has 0 unspecified atom stereocenters. The highest BCUT2D eigenvalue weighted by atomic mass is 32.1. The number of thiazole rings is 1. The number of anilines is 1. The predicted molar refractivity (Wildman–Crippen MR) is 99.0 cm³/mol. The van der Waals surface area contributed by atoms with Crippen molar-refractivity contribution in [1.82, 2.24) is 4.98 Å². The number of nitrogens with one attached hydrogen (secondary N) is 1. The Hall–Kier alpha value is -2.47. The fourth-order valence-corrected chi connectivity index (χ4v) is 3.25. The molecule has 0 saturated heterocycles. The minimum absolute atomic E-state index is 0.253. The van der Waals surface area contributed by atoms with Gasteiger partial charge in [-0.25, -0.2) is 9.37 Å². The molecule has 25 heavy (non-hydrogen) atoms. The Morgan fingerprint density at radius 1 is 1.20 bits per heavy atom. The molecule has 130 valence electrons. The molecule has 6 heteroatoms. The monoisotopic (exact) mass is 358 g/mol. The Kier molecular flexibility index (Phi) is 5.60. The van der Waals surface area contributed by atoms with E-state index < -0.39 is 0 Å². The minimum Gasteiger partial charge on any atom is -0.494 e. The Balaban J connectivity index is 1.62. The zero-order chi connectivity index (χ0) is 17.6. The molecular formula is C19H19FN2O2S. The number of carbonyl (C=O) groups excluding carboxylic acids is 1. The van der Waals surface area contributed by atoms with Crippen molar-refractivity contribution in [3.05, 3.63) is 53.8 Å². The van der Waals surface area contributed by atoms with E-state index in [0.717, 1.165) is 25.0 Å². The van der Waals surface area contributed by atoms with Crippen LogP contribution in [0.3, 0.4) is 0 Å². The number of amides is 1. The predicted octanol–water partition coefficient (Wildman–Crippen LogP) is 5.26. The van der Waals surface area contributed by atoms with E-state index in [2.05, 4.69) is 17.2 Å². The van der Waals surface area contributed by atoms with Crippen molar-refractivity contribution in [2.24, 2.45) is 0 Å². The molecule has 1 N–H and O–H groups in total. The quantitative estimate of drug-likeness (QED) is 0.586. The van der Waals surface area contributed by atoms with Gasteiger partial charge in [0.15, 0.2) is 5.13 Å². The number of hydrogen-bond donors (Lipinski definition) is 1. The number of benzene rings is 2. The number of carbonyl (C=O) groups is 1. The van der Waals surface area contributed by atoms with Crippen LogP contribution in [0.1, 0.15) is 36.5 Å². The number of aromatic nitrogens is 1. The summed E-state index contributed by atoms with van der Waals surface area (Å²) in [6, 6.07) is 11.4. The van der Waals surface area contributed by atoms with Gasteiger partial charge in [-0.05, 0) is 48.9 Å². The highest BCUT2D eigenvalue weighted by Crippen LogP contribution is 2.27. The van der Waals surface area contributed by atoms with Crippen LogP contribution in [0.4, 0.5) is 9.52 Å². The van der Waals surface area contributed by atoms with Gasteiger partial charge in [-0.3, -0.25) is 10.1 Å². The first-order valence-electron chi connectivity index (χ1n) is 8.26. The molecule has 0 radical (unpaired) electrons. The van der Waals surface area contributed by atoms with E-state index in [1.165, 1.54) is 23.5 Å². The van der Waals surface area contributed by atoms with Crippen LogP contribution in [0.2, 0.25) is 0 Å². The molecule has 0 atom stereocenters. The second-order valence-corrected chi connectivity index (χ2v) is 6.70. The third-order valence-electron chi connectivity index (χ3n) is 3.70. The Labute approximate surface area is 149 Å². The number of rotatable bonds is 7. The molecule has 0 aliphatic carbocycles. The van der Waals surface area contributed by atoms with E-state index in [-0.39, 0.29) is 11.7 Å². The van der Waals surface area contributed by atoms with Crippen molar-refractivity contribution in [2.75, 3.05) is 11.9 Å². The third kappa shape index (κ3) is 4.54. The van der Waals surface area contributed by atoms with Crippen LogP contribution in [0.25, 0.3) is 10.2 Å². The molecule has 3 aromatic rings. The van der Waals surface area contributed by atoms with E-state index in [4.69, 9.17) is 4.74 Å². The lowest BCUT2D eigenvalue weighted by Gasteiger charge is -2.06. The normalized spacial score (nSPS) is 10.8. The van der Waals surface area contributed by atoms with E-state index in [9.17, 15) is 9.18 Å². The van der Waals surface area contributed by atoms with Gasteiger partial charge in [0.2, 0.25) is 0 Å². The summed E-state index contributed by atoms with van der Waals surface area (Å²) in [6.45, 7) is 2.83. The van der Waals surface area contributed by atoms with Crippen LogP contribution in [-0.2, 0) is 0 Å². The fraction of sp³-hybridized carbons (Fsp3) is 0.263. The maximum absolute atomic E-state index is 13.2. The van der Waals surface area contributed by atoms with Crippen LogP contribution in [0, 0.1) is 5.82 Å². The Morgan fingerprint density at radius 2 is 2.00 bits per heavy atom. The van der Waals surface area contributed by atoms with Crippen molar-refractivity contribution in [1.29, 1.82) is 0 Å². The van der Waals surface area contributed by atoms with Crippen molar-refractivity contribution in [3.63, 3.8) is 0 Å². The molecule has 4 nitrogen and oxygen atoms in total. The molecule has 0 spiro atoms. The molecule has 0 aliphatic heterocycles. The molecule has 1 amide bonds. The molecular weight excluding hydrogens is 339 g/mol. The summed E-state index contributed by atoms with van der Waals surface area (Å²) in [7, 11) is 0. The number of fused-ring (bicyclic) bond motifs is 1. The highest BCUT2D eigenvalue weighted by molar-refractivity contribution is 7.22. The Morgan fingerprint density at radius 3 is 2.76 bits per heavy atom. The van der Waals surface area contributed by atoms with Crippen LogP contribution in [0.5, 0.6) is 5.75 Å². The first-order valence-corrected chi connectivity index (χ1v) is 9.07. The molecule has 1 heterocycles. The van der Waals surface area contributed by atoms with Crippen molar-refractivity contribution in [3.8, 4) is 5.75 Å². The lowest BCUT2D eigenvalue weighted by atomic mass is 10.2. The number of nitrogens with zero attached hydrogens (tertiary/aromatic N) is 1. The molecule has 0 saturated carbocycles. The zero-order valence-corrected chi connectivity index (χ0v) is 14.7. The highest BCUT2D eigenvalue weighted by Gasteiger charge is 2.10. The van der Waals surface area contributed by atoms with Crippen LogP contribution < -0.4 is 10.1 Å². The van der Waals surface area contributed by atoms with Gasteiger partial charge >= 0.3 is 0 Å². The fourth-order valence-electron chi connectivity index (χ4n) is 2.37. The largest absolute Gasteiger partial charge is 0.494 e. The SMILES string of the molecule is CCCCCOc1ccc(C(=O)Nc2nc3ccc(F)cc3s2)cc1. The van der Waals surface area contributed by atoms with Crippen LogP contribution in [-0.4, -0.2) is 17.5 Å². The number of hydrogen-bond acceptors (Lipinski definition) is 4. The summed E-state index contributed by atoms with van der Waals surface area (Å²) in [5.74, 6) is 0.184. The van der Waals surface area contributed by atoms with Crippen molar-refractivity contribution < 1.29 is 13.9 Å². The average molecular weight is 358 g/mol. The summed E-state index contributed by atoms with van der Waals surface area (Å²) in [5, 5.41) is 3.20. The molecule has 1 aromatic heterocycles. The van der Waals surface area contributed by atoms with Gasteiger partial charge in [-0.1, -0.05) is 31.1 Å². The standard InChI is InChI=1S/C19H19FN2O2S/c1-2-3-4-11-24-15-8-5-13(6-9-15)18(23)22-19-21-16-10-7-14(20)12-17(16)25-19/h5-10,12H,2-4,11H2,1H3,(H,21,22,23).